The van der Waals surface area contributed by atoms with Gasteiger partial charge in [-0.3, -0.25) is 10.1 Å². The molecule has 2 saturated heterocycles. The van der Waals surface area contributed by atoms with Gasteiger partial charge in [-0.15, -0.1) is 0 Å². The fourth-order valence-electron chi connectivity index (χ4n) is 6.11. The molecule has 12 nitrogen and oxygen atoms in total. The van der Waals surface area contributed by atoms with Crippen molar-refractivity contribution < 1.29 is 48.7 Å². The second-order valence-electron chi connectivity index (χ2n) is 12.8. The van der Waals surface area contributed by atoms with Crippen molar-refractivity contribution in [2.45, 2.75) is 95.0 Å². The standard InChI is InChI=1S/C28H37ClN2O8.C5H8O2/c1-15-8-7-9-22(37-6)28(35)14-20(38-26(34)30-28)16(2)25-27(3,39-25)21(32)13-23(33)31(4)18-11-17(10-15)12-19(36-5)24(18)29;6-5(7)4-2-1-3-4/h7-9,11-12,16,20-22,25,32,35H,10,13-14H2,1-6H3,(H,30,34);4H,1-3H2,(H,6,7)/p-1/b9-7+,15-8+;. The van der Waals surface area contributed by atoms with Crippen LogP contribution in [0.4, 0.5) is 10.5 Å². The first-order chi connectivity index (χ1) is 21.6. The molecule has 3 heterocycles. The Hall–Kier alpha value is -3.16. The Balaban J connectivity index is 0.000000606. The smallest absolute Gasteiger partial charge is 0.409 e. The van der Waals surface area contributed by atoms with Gasteiger partial charge >= 0.3 is 6.09 Å². The number of nitrogens with one attached hydrogen (secondary N) is 1. The molecule has 7 atom stereocenters. The van der Waals surface area contributed by atoms with Gasteiger partial charge in [-0.1, -0.05) is 48.7 Å². The molecule has 1 saturated carbocycles. The normalized spacial score (nSPS) is 35.1. The van der Waals surface area contributed by atoms with E-state index in [9.17, 15) is 29.7 Å². The molecule has 254 valence electrons. The van der Waals surface area contributed by atoms with Gasteiger partial charge in [-0.25, -0.2) is 4.79 Å². The summed E-state index contributed by atoms with van der Waals surface area (Å²) in [5.74, 6) is -1.30. The molecule has 3 N–H and O–H groups in total. The van der Waals surface area contributed by atoms with Crippen molar-refractivity contribution in [2.24, 2.45) is 11.8 Å². The van der Waals surface area contributed by atoms with E-state index in [0.717, 1.165) is 30.4 Å². The van der Waals surface area contributed by atoms with Gasteiger partial charge in [0.05, 0.1) is 31.4 Å². The molecule has 1 aromatic carbocycles. The molecule has 0 radical (unpaired) electrons. The number of ether oxygens (including phenoxy) is 4. The van der Waals surface area contributed by atoms with Crippen LogP contribution in [0.15, 0.2) is 35.9 Å². The molecule has 0 aromatic heterocycles. The number of rotatable bonds is 3. The fourth-order valence-corrected chi connectivity index (χ4v) is 6.42. The van der Waals surface area contributed by atoms with E-state index < -0.39 is 53.7 Å². The maximum atomic E-state index is 13.3. The molecular formula is C33H44ClN2O10-. The van der Waals surface area contributed by atoms with Crippen molar-refractivity contribution in [1.29, 1.82) is 0 Å². The first kappa shape index (κ1) is 35.7. The SMILES string of the molecule is COc1cc2cc(c1Cl)N(C)C(=O)CC(O)C1(C)OC1C(C)C1CC(O)(NC(=O)O1)C(OC)/C=C/C=C(\C)C2.O=C([O-])C1CCC1. The Morgan fingerprint density at radius 2 is 1.93 bits per heavy atom. The molecule has 4 aliphatic rings. The number of hydrogen-bond acceptors (Lipinski definition) is 10. The number of carbonyl (C=O) groups is 3. The number of alkyl carbamates (subject to hydrolysis) is 1. The zero-order valence-corrected chi connectivity index (χ0v) is 27.8. The third-order valence-corrected chi connectivity index (χ3v) is 9.80. The molecular weight excluding hydrogens is 620 g/mol. The van der Waals surface area contributed by atoms with Gasteiger partial charge in [0, 0.05) is 32.5 Å². The summed E-state index contributed by atoms with van der Waals surface area (Å²) in [5.41, 5.74) is -0.479. The van der Waals surface area contributed by atoms with Gasteiger partial charge in [0.25, 0.3) is 0 Å². The largest absolute Gasteiger partial charge is 0.550 e. The van der Waals surface area contributed by atoms with Gasteiger partial charge in [0.15, 0.2) is 5.72 Å². The summed E-state index contributed by atoms with van der Waals surface area (Å²) < 4.78 is 22.4. The summed E-state index contributed by atoms with van der Waals surface area (Å²) in [6.07, 6.45) is 4.37. The zero-order chi connectivity index (χ0) is 34.0. The monoisotopic (exact) mass is 663 g/mol. The van der Waals surface area contributed by atoms with Crippen molar-refractivity contribution in [3.8, 4) is 5.75 Å². The lowest BCUT2D eigenvalue weighted by atomic mass is 9.84. The Bertz CT molecular complexity index is 1380. The number of hydrogen-bond donors (Lipinski definition) is 3. The first-order valence-electron chi connectivity index (χ1n) is 15.4. The summed E-state index contributed by atoms with van der Waals surface area (Å²) in [4.78, 5) is 37.0. The zero-order valence-electron chi connectivity index (χ0n) is 27.1. The van der Waals surface area contributed by atoms with Crippen LogP contribution >= 0.6 is 11.6 Å². The highest BCUT2D eigenvalue weighted by molar-refractivity contribution is 6.35. The van der Waals surface area contributed by atoms with E-state index in [2.05, 4.69) is 5.32 Å². The minimum atomic E-state index is -1.73. The van der Waals surface area contributed by atoms with Crippen LogP contribution in [0.3, 0.4) is 0 Å². The van der Waals surface area contributed by atoms with Crippen LogP contribution in [0.5, 0.6) is 5.75 Å². The number of carboxylic acids is 1. The third-order valence-electron chi connectivity index (χ3n) is 9.42. The van der Waals surface area contributed by atoms with Crippen molar-refractivity contribution in [3.63, 3.8) is 0 Å². The van der Waals surface area contributed by atoms with Crippen LogP contribution in [0.2, 0.25) is 5.02 Å². The predicted molar refractivity (Wildman–Crippen MR) is 167 cm³/mol. The summed E-state index contributed by atoms with van der Waals surface area (Å²) in [5, 5.41) is 35.1. The molecule has 46 heavy (non-hydrogen) atoms. The molecule has 7 unspecified atom stereocenters. The number of amides is 2. The third kappa shape index (κ3) is 7.69. The van der Waals surface area contributed by atoms with Crippen LogP contribution in [0, 0.1) is 11.8 Å². The second kappa shape index (κ2) is 14.3. The van der Waals surface area contributed by atoms with Gasteiger partial charge in [0.2, 0.25) is 5.91 Å². The average molecular weight is 664 g/mol. The van der Waals surface area contributed by atoms with Crippen molar-refractivity contribution in [2.75, 3.05) is 26.2 Å². The van der Waals surface area contributed by atoms with Crippen LogP contribution in [-0.2, 0) is 30.2 Å². The highest BCUT2D eigenvalue weighted by Crippen LogP contribution is 2.48. The number of aliphatic carboxylic acids is 1. The van der Waals surface area contributed by atoms with Crippen LogP contribution in [0.25, 0.3) is 0 Å². The number of anilines is 1. The fraction of sp³-hybridized carbons (Fsp3) is 0.606. The molecule has 4 bridgehead atoms. The molecule has 0 spiro atoms. The number of fused-ring (bicyclic) bond motifs is 5. The molecule has 1 aromatic rings. The van der Waals surface area contributed by atoms with E-state index in [1.807, 2.05) is 32.1 Å². The summed E-state index contributed by atoms with van der Waals surface area (Å²) in [6, 6.07) is 3.63. The Labute approximate surface area is 274 Å². The number of epoxide rings is 1. The highest BCUT2D eigenvalue weighted by atomic mass is 35.5. The van der Waals surface area contributed by atoms with Gasteiger partial charge in [-0.05, 0) is 56.7 Å². The minimum absolute atomic E-state index is 0.0310. The van der Waals surface area contributed by atoms with Crippen molar-refractivity contribution >= 4 is 35.3 Å². The average Bonchev–Trinajstić information content (AvgIpc) is 3.66. The molecule has 1 aliphatic carbocycles. The number of nitrogens with zero attached hydrogens (tertiary/aromatic N) is 1. The number of carbonyl (C=O) groups excluding carboxylic acids is 3. The number of allylic oxidation sites excluding steroid dienone is 3. The van der Waals surface area contributed by atoms with E-state index in [4.69, 9.17) is 30.5 Å². The van der Waals surface area contributed by atoms with Crippen LogP contribution in [-0.4, -0.2) is 85.2 Å². The molecule has 3 fully saturated rings. The van der Waals surface area contributed by atoms with E-state index in [1.165, 1.54) is 19.1 Å². The lowest BCUT2D eigenvalue weighted by Crippen LogP contribution is -2.63. The Morgan fingerprint density at radius 1 is 1.24 bits per heavy atom. The van der Waals surface area contributed by atoms with Crippen LogP contribution < -0.4 is 20.1 Å². The summed E-state index contributed by atoms with van der Waals surface area (Å²) in [6.45, 7) is 5.48. The van der Waals surface area contributed by atoms with E-state index >= 15 is 0 Å². The highest BCUT2D eigenvalue weighted by Gasteiger charge is 2.62. The van der Waals surface area contributed by atoms with Crippen molar-refractivity contribution in [1.82, 2.24) is 5.32 Å². The van der Waals surface area contributed by atoms with E-state index in [-0.39, 0.29) is 29.7 Å². The first-order valence-corrected chi connectivity index (χ1v) is 15.8. The van der Waals surface area contributed by atoms with Gasteiger partial charge < -0.3 is 44.0 Å². The maximum absolute atomic E-state index is 13.3. The van der Waals surface area contributed by atoms with Crippen molar-refractivity contribution in [3.05, 3.63) is 46.5 Å². The predicted octanol–water partition coefficient (Wildman–Crippen LogP) is 2.65. The maximum Gasteiger partial charge on any atom is 0.409 e. The van der Waals surface area contributed by atoms with Gasteiger partial charge in [0.1, 0.15) is 28.6 Å². The molecule has 5 rings (SSSR count). The summed E-state index contributed by atoms with van der Waals surface area (Å²) in [7, 11) is 4.56. The molecule has 3 aliphatic heterocycles. The number of benzene rings is 1. The number of methoxy groups -OCH3 is 2. The van der Waals surface area contributed by atoms with Gasteiger partial charge in [-0.2, -0.15) is 0 Å². The Morgan fingerprint density at radius 3 is 2.50 bits per heavy atom. The number of halogens is 1. The minimum Gasteiger partial charge on any atom is -0.550 e. The number of aliphatic hydroxyl groups is 2. The summed E-state index contributed by atoms with van der Waals surface area (Å²) >= 11 is 6.58. The quantitative estimate of drug-likeness (QED) is 0.409. The molecule has 13 heteroatoms. The topological polar surface area (TPSA) is 170 Å². The lowest BCUT2D eigenvalue weighted by Gasteiger charge is -2.42. The van der Waals surface area contributed by atoms with E-state index in [0.29, 0.717) is 17.9 Å². The van der Waals surface area contributed by atoms with E-state index in [1.54, 1.807) is 26.1 Å². The molecule has 2 amide bonds. The second-order valence-corrected chi connectivity index (χ2v) is 13.1. The number of carboxylic acid groups (broad SMARTS) is 1. The number of aliphatic hydroxyl groups excluding tert-OH is 1. The van der Waals surface area contributed by atoms with Crippen LogP contribution in [0.1, 0.15) is 58.4 Å². The lowest BCUT2D eigenvalue weighted by molar-refractivity contribution is -0.314. The Kier molecular flexibility index (Phi) is 11.1.